The molecular weight excluding hydrogens is 418 g/mol. The van der Waals surface area contributed by atoms with Crippen LogP contribution >= 0.6 is 23.8 Å². The van der Waals surface area contributed by atoms with E-state index < -0.39 is 0 Å². The van der Waals surface area contributed by atoms with Crippen LogP contribution in [0.25, 0.3) is 0 Å². The Hall–Kier alpha value is -2.31. The quantitative estimate of drug-likeness (QED) is 0.321. The average Bonchev–Trinajstić information content (AvgIpc) is 2.75. The van der Waals surface area contributed by atoms with Gasteiger partial charge in [0.2, 0.25) is 0 Å². The van der Waals surface area contributed by atoms with Crippen LogP contribution in [0, 0.1) is 0 Å². The maximum Gasteiger partial charge on any atom is 0.187 e. The van der Waals surface area contributed by atoms with Crippen LogP contribution in [0.3, 0.4) is 0 Å². The van der Waals surface area contributed by atoms with E-state index in [0.717, 1.165) is 11.1 Å². The van der Waals surface area contributed by atoms with E-state index in [4.69, 9.17) is 33.3 Å². The first-order valence-electron chi connectivity index (χ1n) is 10.4. The Morgan fingerprint density at radius 3 is 2.60 bits per heavy atom. The van der Waals surface area contributed by atoms with Gasteiger partial charge in [-0.15, -0.1) is 0 Å². The number of benzene rings is 2. The number of halogens is 1. The number of hydrogen-bond acceptors (Lipinski definition) is 4. The van der Waals surface area contributed by atoms with Crippen molar-refractivity contribution in [2.75, 3.05) is 6.61 Å². The predicted octanol–water partition coefficient (Wildman–Crippen LogP) is 5.45. The normalized spacial score (nSPS) is 14.5. The van der Waals surface area contributed by atoms with Gasteiger partial charge in [0.1, 0.15) is 6.61 Å². The lowest BCUT2D eigenvalue weighted by Crippen LogP contribution is -2.40. The molecular formula is C23H28ClN3O2S. The number of ether oxygens (including phenoxy) is 2. The molecule has 0 radical (unpaired) electrons. The van der Waals surface area contributed by atoms with Gasteiger partial charge < -0.3 is 14.8 Å². The molecule has 2 aromatic carbocycles. The van der Waals surface area contributed by atoms with Crippen LogP contribution in [0.15, 0.2) is 47.6 Å². The summed E-state index contributed by atoms with van der Waals surface area (Å²) >= 11 is 11.3. The maximum absolute atomic E-state index is 5.94. The van der Waals surface area contributed by atoms with Crippen molar-refractivity contribution >= 4 is 35.1 Å². The van der Waals surface area contributed by atoms with Crippen LogP contribution in [0.1, 0.15) is 50.2 Å². The first kappa shape index (κ1) is 22.4. The van der Waals surface area contributed by atoms with Gasteiger partial charge in [0.15, 0.2) is 16.6 Å². The zero-order valence-electron chi connectivity index (χ0n) is 17.2. The van der Waals surface area contributed by atoms with Gasteiger partial charge in [-0.25, -0.2) is 0 Å². The van der Waals surface area contributed by atoms with E-state index in [2.05, 4.69) is 15.8 Å². The number of rotatable bonds is 8. The summed E-state index contributed by atoms with van der Waals surface area (Å²) in [6, 6.07) is 13.8. The molecule has 7 heteroatoms. The highest BCUT2D eigenvalue weighted by molar-refractivity contribution is 7.80. The molecule has 0 unspecified atom stereocenters. The fraction of sp³-hybridized carbons (Fsp3) is 0.391. The summed E-state index contributed by atoms with van der Waals surface area (Å²) in [7, 11) is 0. The minimum atomic E-state index is 0.438. The van der Waals surface area contributed by atoms with Crippen LogP contribution in [0.4, 0.5) is 0 Å². The zero-order chi connectivity index (χ0) is 21.2. The predicted molar refractivity (Wildman–Crippen MR) is 127 cm³/mol. The van der Waals surface area contributed by atoms with E-state index in [-0.39, 0.29) is 0 Å². The third kappa shape index (κ3) is 7.18. The fourth-order valence-electron chi connectivity index (χ4n) is 3.36. The van der Waals surface area contributed by atoms with Crippen molar-refractivity contribution in [2.45, 2.75) is 51.7 Å². The summed E-state index contributed by atoms with van der Waals surface area (Å²) in [5, 5.41) is 8.86. The van der Waals surface area contributed by atoms with Crippen molar-refractivity contribution in [1.29, 1.82) is 0 Å². The van der Waals surface area contributed by atoms with Gasteiger partial charge in [-0.05, 0) is 73.4 Å². The molecule has 5 nitrogen and oxygen atoms in total. The minimum absolute atomic E-state index is 0.438. The molecule has 1 saturated carbocycles. The van der Waals surface area contributed by atoms with E-state index in [9.17, 15) is 0 Å². The lowest BCUT2D eigenvalue weighted by molar-refractivity contribution is 0.269. The van der Waals surface area contributed by atoms with Crippen molar-refractivity contribution in [3.05, 3.63) is 58.6 Å². The lowest BCUT2D eigenvalue weighted by atomic mass is 9.96. The van der Waals surface area contributed by atoms with Crippen molar-refractivity contribution < 1.29 is 9.47 Å². The standard InChI is InChI=1S/C23H28ClN3O2S/c1-2-28-22-14-18(15-25-27-23(30)26-20-6-4-3-5-7-20)10-13-21(22)29-16-17-8-11-19(24)12-9-17/h8-15,20H,2-7,16H2,1H3,(H2,26,27,30)/b25-15+. The minimum Gasteiger partial charge on any atom is -0.490 e. The second-order valence-electron chi connectivity index (χ2n) is 7.23. The summed E-state index contributed by atoms with van der Waals surface area (Å²) in [4.78, 5) is 0. The highest BCUT2D eigenvalue weighted by atomic mass is 35.5. The third-order valence-corrected chi connectivity index (χ3v) is 5.36. The summed E-state index contributed by atoms with van der Waals surface area (Å²) < 4.78 is 11.7. The molecule has 160 valence electrons. The molecule has 0 spiro atoms. The summed E-state index contributed by atoms with van der Waals surface area (Å²) in [5.74, 6) is 1.37. The van der Waals surface area contributed by atoms with Crippen LogP contribution in [0.5, 0.6) is 11.5 Å². The molecule has 0 aliphatic heterocycles. The average molecular weight is 446 g/mol. The second kappa shape index (κ2) is 11.8. The van der Waals surface area contributed by atoms with Crippen LogP contribution < -0.4 is 20.2 Å². The molecule has 2 N–H and O–H groups in total. The molecule has 0 bridgehead atoms. The molecule has 2 aromatic rings. The highest BCUT2D eigenvalue weighted by Crippen LogP contribution is 2.29. The molecule has 0 saturated heterocycles. The highest BCUT2D eigenvalue weighted by Gasteiger charge is 2.13. The van der Waals surface area contributed by atoms with E-state index in [1.807, 2.05) is 49.4 Å². The Bertz CT molecular complexity index is 852. The number of hydrazone groups is 1. The Morgan fingerprint density at radius 2 is 1.87 bits per heavy atom. The molecule has 0 atom stereocenters. The van der Waals surface area contributed by atoms with E-state index in [1.54, 1.807) is 6.21 Å². The SMILES string of the molecule is CCOc1cc(/C=N/NC(=S)NC2CCCCC2)ccc1OCc1ccc(Cl)cc1. The fourth-order valence-corrected chi connectivity index (χ4v) is 3.71. The van der Waals surface area contributed by atoms with Crippen molar-refractivity contribution in [2.24, 2.45) is 5.10 Å². The number of nitrogens with one attached hydrogen (secondary N) is 2. The van der Waals surface area contributed by atoms with Crippen LogP contribution in [-0.4, -0.2) is 24.0 Å². The van der Waals surface area contributed by atoms with Crippen molar-refractivity contribution in [3.8, 4) is 11.5 Å². The van der Waals surface area contributed by atoms with E-state index >= 15 is 0 Å². The Morgan fingerprint density at radius 1 is 1.10 bits per heavy atom. The summed E-state index contributed by atoms with van der Waals surface area (Å²) in [6.07, 6.45) is 7.90. The molecule has 1 aliphatic rings. The number of thiocarbonyl (C=S) groups is 1. The van der Waals surface area contributed by atoms with Crippen LogP contribution in [-0.2, 0) is 6.61 Å². The third-order valence-electron chi connectivity index (χ3n) is 4.90. The molecule has 30 heavy (non-hydrogen) atoms. The van der Waals surface area contributed by atoms with Crippen molar-refractivity contribution in [1.82, 2.24) is 10.7 Å². The van der Waals surface area contributed by atoms with Gasteiger partial charge in [-0.1, -0.05) is 43.0 Å². The molecule has 0 aromatic heterocycles. The summed E-state index contributed by atoms with van der Waals surface area (Å²) in [6.45, 7) is 2.93. The van der Waals surface area contributed by atoms with Gasteiger partial charge in [0, 0.05) is 11.1 Å². The van der Waals surface area contributed by atoms with E-state index in [0.29, 0.717) is 40.9 Å². The molecule has 3 rings (SSSR count). The first-order chi connectivity index (χ1) is 14.6. The Labute approximate surface area is 188 Å². The van der Waals surface area contributed by atoms with Gasteiger partial charge in [0.25, 0.3) is 0 Å². The smallest absolute Gasteiger partial charge is 0.187 e. The van der Waals surface area contributed by atoms with Gasteiger partial charge in [0.05, 0.1) is 12.8 Å². The van der Waals surface area contributed by atoms with Gasteiger partial charge >= 0.3 is 0 Å². The number of hydrogen-bond donors (Lipinski definition) is 2. The second-order valence-corrected chi connectivity index (χ2v) is 8.08. The largest absolute Gasteiger partial charge is 0.490 e. The van der Waals surface area contributed by atoms with Crippen molar-refractivity contribution in [3.63, 3.8) is 0 Å². The Kier molecular flexibility index (Phi) is 8.78. The monoisotopic (exact) mass is 445 g/mol. The molecule has 0 heterocycles. The topological polar surface area (TPSA) is 54.9 Å². The van der Waals surface area contributed by atoms with Gasteiger partial charge in [-0.2, -0.15) is 5.10 Å². The van der Waals surface area contributed by atoms with Gasteiger partial charge in [-0.3, -0.25) is 5.43 Å². The zero-order valence-corrected chi connectivity index (χ0v) is 18.8. The molecule has 0 amide bonds. The lowest BCUT2D eigenvalue weighted by Gasteiger charge is -2.23. The van der Waals surface area contributed by atoms with Crippen LogP contribution in [0.2, 0.25) is 5.02 Å². The summed E-state index contributed by atoms with van der Waals surface area (Å²) in [5.41, 5.74) is 4.83. The van der Waals surface area contributed by atoms with E-state index in [1.165, 1.54) is 32.1 Å². The molecule has 1 fully saturated rings. The first-order valence-corrected chi connectivity index (χ1v) is 11.2. The maximum atomic E-state index is 5.94. The number of nitrogens with zero attached hydrogens (tertiary/aromatic N) is 1. The Balaban J connectivity index is 1.55. The molecule has 1 aliphatic carbocycles.